The van der Waals surface area contributed by atoms with E-state index < -0.39 is 0 Å². The van der Waals surface area contributed by atoms with Gasteiger partial charge in [0.1, 0.15) is 5.75 Å². The monoisotopic (exact) mass is 500 g/mol. The minimum absolute atomic E-state index is 0.329. The van der Waals surface area contributed by atoms with Gasteiger partial charge in [-0.3, -0.25) is 0 Å². The lowest BCUT2D eigenvalue weighted by atomic mass is 9.92. The Labute approximate surface area is 220 Å². The number of anilines is 1. The van der Waals surface area contributed by atoms with Gasteiger partial charge < -0.3 is 14.2 Å². The summed E-state index contributed by atoms with van der Waals surface area (Å²) in [6.45, 7) is 13.1. The maximum atomic E-state index is 6.55. The molecule has 0 spiro atoms. The summed E-state index contributed by atoms with van der Waals surface area (Å²) >= 11 is 0. The minimum Gasteiger partial charge on any atom is -0.493 e. The van der Waals surface area contributed by atoms with E-state index >= 15 is 0 Å². The number of aryl methyl sites for hydroxylation is 2. The standard InChI is InChI=1S/C30H40N6O/c1-5-7-26-25-15-18-35(19-16-30(2,3)4)27(25)13-14-28(26)37-21-22-8-6-17-36(20-22)24-11-9-23(10-12-24)29-31-33-34-32-29/h9-15,18,22H,5-8,16-17,19-21H2,1-4H3,(H,31,32,33,34). The van der Waals surface area contributed by atoms with Crippen molar-refractivity contribution in [3.63, 3.8) is 0 Å². The summed E-state index contributed by atoms with van der Waals surface area (Å²) in [5, 5.41) is 15.7. The zero-order valence-electron chi connectivity index (χ0n) is 22.7. The zero-order chi connectivity index (χ0) is 25.8. The van der Waals surface area contributed by atoms with E-state index in [4.69, 9.17) is 4.74 Å². The van der Waals surface area contributed by atoms with Gasteiger partial charge in [0, 0.05) is 59.5 Å². The van der Waals surface area contributed by atoms with Crippen molar-refractivity contribution in [2.24, 2.45) is 11.3 Å². The van der Waals surface area contributed by atoms with Crippen LogP contribution in [0.15, 0.2) is 48.7 Å². The van der Waals surface area contributed by atoms with Gasteiger partial charge in [0.25, 0.3) is 0 Å². The van der Waals surface area contributed by atoms with E-state index in [0.29, 0.717) is 17.2 Å². The number of rotatable bonds is 9. The second kappa shape index (κ2) is 11.0. The van der Waals surface area contributed by atoms with Crippen molar-refractivity contribution in [1.82, 2.24) is 25.2 Å². The number of ether oxygens (including phenoxy) is 1. The zero-order valence-corrected chi connectivity index (χ0v) is 22.7. The topological polar surface area (TPSA) is 71.9 Å². The Morgan fingerprint density at radius 2 is 1.92 bits per heavy atom. The number of tetrazole rings is 1. The lowest BCUT2D eigenvalue weighted by molar-refractivity contribution is 0.227. The van der Waals surface area contributed by atoms with Crippen LogP contribution in [0.5, 0.6) is 5.75 Å². The molecule has 196 valence electrons. The van der Waals surface area contributed by atoms with Crippen molar-refractivity contribution in [2.75, 3.05) is 24.6 Å². The number of aromatic amines is 1. The van der Waals surface area contributed by atoms with E-state index in [-0.39, 0.29) is 0 Å². The SMILES string of the molecule is CCCc1c(OCC2CCCN(c3ccc(-c4nn[nH]n4)cc3)C2)ccc2c1ccn2CCC(C)(C)C. The Morgan fingerprint density at radius 1 is 1.08 bits per heavy atom. The molecular formula is C30H40N6O. The van der Waals surface area contributed by atoms with E-state index in [9.17, 15) is 0 Å². The summed E-state index contributed by atoms with van der Waals surface area (Å²) in [5.41, 5.74) is 5.23. The van der Waals surface area contributed by atoms with Crippen LogP contribution in [0.25, 0.3) is 22.3 Å². The molecule has 7 nitrogen and oxygen atoms in total. The van der Waals surface area contributed by atoms with Gasteiger partial charge in [0.15, 0.2) is 0 Å². The van der Waals surface area contributed by atoms with Gasteiger partial charge in [-0.25, -0.2) is 0 Å². The van der Waals surface area contributed by atoms with E-state index in [1.165, 1.54) is 35.0 Å². The molecule has 0 radical (unpaired) electrons. The Hall–Kier alpha value is -3.35. The molecule has 0 aliphatic carbocycles. The largest absolute Gasteiger partial charge is 0.493 e. The van der Waals surface area contributed by atoms with Crippen LogP contribution in [0, 0.1) is 11.3 Å². The quantitative estimate of drug-likeness (QED) is 0.284. The second-order valence-corrected chi connectivity index (χ2v) is 11.6. The van der Waals surface area contributed by atoms with Crippen molar-refractivity contribution < 1.29 is 4.74 Å². The third kappa shape index (κ3) is 5.97. The molecule has 1 aliphatic heterocycles. The van der Waals surface area contributed by atoms with Crippen molar-refractivity contribution in [1.29, 1.82) is 0 Å². The summed E-state index contributed by atoms with van der Waals surface area (Å²) in [7, 11) is 0. The molecule has 1 fully saturated rings. The lowest BCUT2D eigenvalue weighted by Gasteiger charge is -2.34. The highest BCUT2D eigenvalue weighted by atomic mass is 16.5. The molecule has 1 unspecified atom stereocenters. The van der Waals surface area contributed by atoms with Gasteiger partial charge in [0.2, 0.25) is 5.82 Å². The van der Waals surface area contributed by atoms with E-state index in [0.717, 1.165) is 56.8 Å². The summed E-state index contributed by atoms with van der Waals surface area (Å²) in [5.74, 6) is 2.19. The van der Waals surface area contributed by atoms with Crippen LogP contribution in [0.3, 0.4) is 0 Å². The highest BCUT2D eigenvalue weighted by Crippen LogP contribution is 2.33. The minimum atomic E-state index is 0.329. The first-order chi connectivity index (χ1) is 17.9. The average molecular weight is 501 g/mol. The fourth-order valence-electron chi connectivity index (χ4n) is 5.36. The molecule has 37 heavy (non-hydrogen) atoms. The van der Waals surface area contributed by atoms with E-state index in [1.54, 1.807) is 0 Å². The maximum Gasteiger partial charge on any atom is 0.204 e. The Bertz CT molecular complexity index is 1290. The third-order valence-corrected chi connectivity index (χ3v) is 7.45. The Morgan fingerprint density at radius 3 is 2.65 bits per heavy atom. The molecule has 1 atom stereocenters. The molecule has 0 amide bonds. The first-order valence-electron chi connectivity index (χ1n) is 13.7. The molecule has 1 saturated heterocycles. The van der Waals surface area contributed by atoms with E-state index in [2.05, 4.69) is 106 Å². The molecule has 0 saturated carbocycles. The molecule has 2 aromatic carbocycles. The third-order valence-electron chi connectivity index (χ3n) is 7.45. The van der Waals surface area contributed by atoms with Crippen molar-refractivity contribution in [3.05, 3.63) is 54.2 Å². The molecule has 3 heterocycles. The summed E-state index contributed by atoms with van der Waals surface area (Å²) < 4.78 is 8.96. The summed E-state index contributed by atoms with van der Waals surface area (Å²) in [4.78, 5) is 2.48. The van der Waals surface area contributed by atoms with Crippen molar-refractivity contribution in [2.45, 2.75) is 66.3 Å². The number of nitrogens with one attached hydrogen (secondary N) is 1. The fourth-order valence-corrected chi connectivity index (χ4v) is 5.36. The second-order valence-electron chi connectivity index (χ2n) is 11.6. The first-order valence-corrected chi connectivity index (χ1v) is 13.7. The van der Waals surface area contributed by atoms with Crippen LogP contribution in [-0.4, -0.2) is 44.9 Å². The number of fused-ring (bicyclic) bond motifs is 1. The van der Waals surface area contributed by atoms with Gasteiger partial charge in [-0.05, 0) is 78.8 Å². The number of benzene rings is 2. The molecule has 1 N–H and O–H groups in total. The number of hydrogen-bond donors (Lipinski definition) is 1. The molecule has 4 aromatic rings. The van der Waals surface area contributed by atoms with Crippen LogP contribution in [0.2, 0.25) is 0 Å². The molecule has 7 heteroatoms. The summed E-state index contributed by atoms with van der Waals surface area (Å²) in [6.07, 6.45) is 7.95. The lowest BCUT2D eigenvalue weighted by Crippen LogP contribution is -2.37. The van der Waals surface area contributed by atoms with Gasteiger partial charge in [-0.2, -0.15) is 5.21 Å². The highest BCUT2D eigenvalue weighted by molar-refractivity contribution is 5.86. The smallest absolute Gasteiger partial charge is 0.204 e. The molecule has 2 aromatic heterocycles. The number of piperidine rings is 1. The number of hydrogen-bond acceptors (Lipinski definition) is 5. The van der Waals surface area contributed by atoms with Gasteiger partial charge in [-0.1, -0.05) is 34.1 Å². The van der Waals surface area contributed by atoms with Gasteiger partial charge in [0.05, 0.1) is 6.61 Å². The molecular weight excluding hydrogens is 460 g/mol. The molecule has 1 aliphatic rings. The number of nitrogens with zero attached hydrogens (tertiary/aromatic N) is 5. The number of aromatic nitrogens is 5. The van der Waals surface area contributed by atoms with Crippen LogP contribution in [0.4, 0.5) is 5.69 Å². The Kier molecular flexibility index (Phi) is 7.49. The normalized spacial score (nSPS) is 16.4. The summed E-state index contributed by atoms with van der Waals surface area (Å²) in [6, 6.07) is 15.2. The predicted octanol–water partition coefficient (Wildman–Crippen LogP) is 6.51. The average Bonchev–Trinajstić information content (AvgIpc) is 3.58. The van der Waals surface area contributed by atoms with Crippen LogP contribution < -0.4 is 9.64 Å². The molecule has 5 rings (SSSR count). The number of H-pyrrole nitrogens is 1. The van der Waals surface area contributed by atoms with Crippen LogP contribution >= 0.6 is 0 Å². The van der Waals surface area contributed by atoms with Gasteiger partial charge >= 0.3 is 0 Å². The van der Waals surface area contributed by atoms with Gasteiger partial charge in [-0.15, -0.1) is 10.2 Å². The highest BCUT2D eigenvalue weighted by Gasteiger charge is 2.22. The first kappa shape index (κ1) is 25.3. The fraction of sp³-hybridized carbons (Fsp3) is 0.500. The predicted molar refractivity (Wildman–Crippen MR) is 150 cm³/mol. The maximum absolute atomic E-state index is 6.55. The molecule has 0 bridgehead atoms. The van der Waals surface area contributed by atoms with Crippen molar-refractivity contribution in [3.8, 4) is 17.1 Å². The van der Waals surface area contributed by atoms with E-state index in [1.807, 2.05) is 0 Å². The Balaban J connectivity index is 1.25. The van der Waals surface area contributed by atoms with Crippen LogP contribution in [-0.2, 0) is 13.0 Å². The van der Waals surface area contributed by atoms with Crippen LogP contribution in [0.1, 0.15) is 58.9 Å². The van der Waals surface area contributed by atoms with Crippen molar-refractivity contribution >= 4 is 16.6 Å².